The molecule has 1 aliphatic rings. The molecule has 0 spiro atoms. The second kappa shape index (κ2) is 8.21. The van der Waals surface area contributed by atoms with E-state index in [2.05, 4.69) is 36.5 Å². The molecule has 2 nitrogen and oxygen atoms in total. The summed E-state index contributed by atoms with van der Waals surface area (Å²) in [6.45, 7) is 4.42. The molecule has 19 heavy (non-hydrogen) atoms. The van der Waals surface area contributed by atoms with Crippen LogP contribution in [0.15, 0.2) is 24.3 Å². The molecule has 1 aromatic carbocycles. The first-order valence-corrected chi connectivity index (χ1v) is 7.85. The Morgan fingerprint density at radius 1 is 1.05 bits per heavy atom. The highest BCUT2D eigenvalue weighted by molar-refractivity contribution is 5.27. The number of ether oxygens (including phenoxy) is 1. The van der Waals surface area contributed by atoms with Gasteiger partial charge in [-0.1, -0.05) is 38.3 Å². The lowest BCUT2D eigenvalue weighted by atomic mass is 10.1. The lowest BCUT2D eigenvalue weighted by molar-refractivity contribution is 0.162. The molecule has 1 saturated heterocycles. The molecule has 0 radical (unpaired) electrons. The Morgan fingerprint density at radius 3 is 2.47 bits per heavy atom. The molecule has 0 saturated carbocycles. The Morgan fingerprint density at radius 2 is 1.79 bits per heavy atom. The van der Waals surface area contributed by atoms with Gasteiger partial charge in [0.15, 0.2) is 0 Å². The van der Waals surface area contributed by atoms with E-state index in [1.807, 2.05) is 0 Å². The normalized spacial score (nSPS) is 16.5. The van der Waals surface area contributed by atoms with Crippen molar-refractivity contribution in [3.05, 3.63) is 29.8 Å². The number of benzene rings is 1. The maximum Gasteiger partial charge on any atom is 0.119 e. The number of hydrogen-bond donors (Lipinski definition) is 1. The van der Waals surface area contributed by atoms with Gasteiger partial charge in [-0.3, -0.25) is 0 Å². The van der Waals surface area contributed by atoms with Gasteiger partial charge in [0.1, 0.15) is 11.9 Å². The summed E-state index contributed by atoms with van der Waals surface area (Å²) in [5.74, 6) is 1.03. The van der Waals surface area contributed by atoms with Gasteiger partial charge in [0.2, 0.25) is 0 Å². The zero-order valence-electron chi connectivity index (χ0n) is 12.2. The lowest BCUT2D eigenvalue weighted by Crippen LogP contribution is -2.34. The van der Waals surface area contributed by atoms with Crippen molar-refractivity contribution >= 4 is 0 Å². The molecule has 0 atom stereocenters. The zero-order valence-corrected chi connectivity index (χ0v) is 12.2. The van der Waals surface area contributed by atoms with E-state index in [0.717, 1.165) is 31.7 Å². The first-order valence-electron chi connectivity index (χ1n) is 7.85. The number of unbranched alkanes of at least 4 members (excludes halogenated alkanes) is 3. The maximum atomic E-state index is 6.01. The van der Waals surface area contributed by atoms with Crippen molar-refractivity contribution in [1.29, 1.82) is 0 Å². The smallest absolute Gasteiger partial charge is 0.119 e. The third kappa shape index (κ3) is 5.23. The summed E-state index contributed by atoms with van der Waals surface area (Å²) in [6, 6.07) is 8.72. The zero-order chi connectivity index (χ0) is 13.3. The van der Waals surface area contributed by atoms with Gasteiger partial charge in [0.05, 0.1) is 0 Å². The second-order valence-corrected chi connectivity index (χ2v) is 5.52. The van der Waals surface area contributed by atoms with Gasteiger partial charge in [-0.05, 0) is 56.5 Å². The molecule has 2 heteroatoms. The maximum absolute atomic E-state index is 6.01. The molecule has 0 amide bonds. The number of rotatable bonds is 7. The third-order valence-electron chi connectivity index (χ3n) is 3.83. The summed E-state index contributed by atoms with van der Waals surface area (Å²) < 4.78 is 6.01. The summed E-state index contributed by atoms with van der Waals surface area (Å²) >= 11 is 0. The van der Waals surface area contributed by atoms with Crippen molar-refractivity contribution in [2.45, 2.75) is 58.0 Å². The highest BCUT2D eigenvalue weighted by Gasteiger charge is 2.13. The van der Waals surface area contributed by atoms with E-state index in [-0.39, 0.29) is 0 Å². The second-order valence-electron chi connectivity index (χ2n) is 5.52. The average Bonchev–Trinajstić information content (AvgIpc) is 2.46. The standard InChI is InChI=1S/C17H27NO/c1-2-3-4-5-6-15-7-9-16(10-8-15)19-17-11-13-18-14-12-17/h7-10,17-18H,2-6,11-14H2,1H3. The third-order valence-corrected chi connectivity index (χ3v) is 3.83. The molecule has 1 fully saturated rings. The van der Waals surface area contributed by atoms with Crippen LogP contribution in [-0.4, -0.2) is 19.2 Å². The summed E-state index contributed by atoms with van der Waals surface area (Å²) in [5.41, 5.74) is 1.44. The Balaban J connectivity index is 1.74. The van der Waals surface area contributed by atoms with Crippen molar-refractivity contribution in [2.75, 3.05) is 13.1 Å². The van der Waals surface area contributed by atoms with Crippen LogP contribution in [0.1, 0.15) is 51.0 Å². The Hall–Kier alpha value is -1.02. The van der Waals surface area contributed by atoms with E-state index >= 15 is 0 Å². The van der Waals surface area contributed by atoms with Gasteiger partial charge in [-0.25, -0.2) is 0 Å². The summed E-state index contributed by atoms with van der Waals surface area (Å²) in [4.78, 5) is 0. The van der Waals surface area contributed by atoms with Gasteiger partial charge in [0.25, 0.3) is 0 Å². The van der Waals surface area contributed by atoms with E-state index in [9.17, 15) is 0 Å². The predicted octanol–water partition coefficient (Wildman–Crippen LogP) is 3.94. The molecule has 1 N–H and O–H groups in total. The topological polar surface area (TPSA) is 21.3 Å². The number of nitrogens with one attached hydrogen (secondary N) is 1. The fourth-order valence-corrected chi connectivity index (χ4v) is 2.60. The Kier molecular flexibility index (Phi) is 6.22. The summed E-state index contributed by atoms with van der Waals surface area (Å²) in [6.07, 6.45) is 9.17. The van der Waals surface area contributed by atoms with Gasteiger partial charge < -0.3 is 10.1 Å². The number of aryl methyl sites for hydroxylation is 1. The van der Waals surface area contributed by atoms with Crippen LogP contribution >= 0.6 is 0 Å². The van der Waals surface area contributed by atoms with Crippen LogP contribution in [0.25, 0.3) is 0 Å². The first kappa shape index (κ1) is 14.4. The van der Waals surface area contributed by atoms with Gasteiger partial charge >= 0.3 is 0 Å². The van der Waals surface area contributed by atoms with Crippen LogP contribution in [-0.2, 0) is 6.42 Å². The predicted molar refractivity (Wildman–Crippen MR) is 80.8 cm³/mol. The van der Waals surface area contributed by atoms with E-state index in [0.29, 0.717) is 6.10 Å². The average molecular weight is 261 g/mol. The van der Waals surface area contributed by atoms with Crippen LogP contribution in [0.4, 0.5) is 0 Å². The van der Waals surface area contributed by atoms with Crippen LogP contribution in [0.2, 0.25) is 0 Å². The Labute approximate surface area is 117 Å². The monoisotopic (exact) mass is 261 g/mol. The van der Waals surface area contributed by atoms with Crippen LogP contribution in [0.3, 0.4) is 0 Å². The molecule has 2 rings (SSSR count). The first-order chi connectivity index (χ1) is 9.38. The van der Waals surface area contributed by atoms with Crippen LogP contribution in [0.5, 0.6) is 5.75 Å². The van der Waals surface area contributed by atoms with Gasteiger partial charge in [0, 0.05) is 0 Å². The fourth-order valence-electron chi connectivity index (χ4n) is 2.60. The van der Waals surface area contributed by atoms with Gasteiger partial charge in [-0.2, -0.15) is 0 Å². The fraction of sp³-hybridized carbons (Fsp3) is 0.647. The largest absolute Gasteiger partial charge is 0.490 e. The van der Waals surface area contributed by atoms with E-state index < -0.39 is 0 Å². The summed E-state index contributed by atoms with van der Waals surface area (Å²) in [5, 5.41) is 3.36. The minimum Gasteiger partial charge on any atom is -0.490 e. The number of piperidine rings is 1. The van der Waals surface area contributed by atoms with E-state index in [1.165, 1.54) is 37.7 Å². The molecule has 1 heterocycles. The summed E-state index contributed by atoms with van der Waals surface area (Å²) in [7, 11) is 0. The van der Waals surface area contributed by atoms with Crippen molar-refractivity contribution in [1.82, 2.24) is 5.32 Å². The van der Waals surface area contributed by atoms with Gasteiger partial charge in [-0.15, -0.1) is 0 Å². The van der Waals surface area contributed by atoms with Crippen molar-refractivity contribution in [2.24, 2.45) is 0 Å². The minimum atomic E-state index is 0.400. The van der Waals surface area contributed by atoms with Crippen molar-refractivity contribution in [3.8, 4) is 5.75 Å². The quantitative estimate of drug-likeness (QED) is 0.751. The minimum absolute atomic E-state index is 0.400. The van der Waals surface area contributed by atoms with Crippen LogP contribution in [0, 0.1) is 0 Å². The highest BCUT2D eigenvalue weighted by atomic mass is 16.5. The molecular formula is C17H27NO. The van der Waals surface area contributed by atoms with Crippen molar-refractivity contribution in [3.63, 3.8) is 0 Å². The number of hydrogen-bond acceptors (Lipinski definition) is 2. The lowest BCUT2D eigenvalue weighted by Gasteiger charge is -2.23. The molecular weight excluding hydrogens is 234 g/mol. The molecule has 1 aliphatic heterocycles. The molecule has 1 aromatic rings. The SMILES string of the molecule is CCCCCCc1ccc(OC2CCNCC2)cc1. The van der Waals surface area contributed by atoms with E-state index in [1.54, 1.807) is 0 Å². The molecule has 106 valence electrons. The Bertz CT molecular complexity index is 341. The van der Waals surface area contributed by atoms with Crippen LogP contribution < -0.4 is 10.1 Å². The highest BCUT2D eigenvalue weighted by Crippen LogP contribution is 2.18. The van der Waals surface area contributed by atoms with E-state index in [4.69, 9.17) is 4.74 Å². The molecule has 0 aliphatic carbocycles. The molecule has 0 unspecified atom stereocenters. The molecule has 0 aromatic heterocycles. The molecule has 0 bridgehead atoms. The van der Waals surface area contributed by atoms with Crippen molar-refractivity contribution < 1.29 is 4.74 Å².